The van der Waals surface area contributed by atoms with E-state index in [2.05, 4.69) is 16.0 Å². The van der Waals surface area contributed by atoms with Gasteiger partial charge in [0.05, 0.1) is 16.8 Å². The van der Waals surface area contributed by atoms with Gasteiger partial charge in [0, 0.05) is 25.5 Å². The zero-order valence-electron chi connectivity index (χ0n) is 12.6. The topological polar surface area (TPSA) is 90.5 Å². The van der Waals surface area contributed by atoms with Gasteiger partial charge in [-0.2, -0.15) is 0 Å². The third-order valence-electron chi connectivity index (χ3n) is 3.28. The minimum atomic E-state index is -1.05. The van der Waals surface area contributed by atoms with E-state index in [1.165, 1.54) is 30.3 Å². The number of aromatic carboxylic acids is 1. The second kappa shape index (κ2) is 6.78. The van der Waals surface area contributed by atoms with E-state index < -0.39 is 17.7 Å². The molecule has 0 spiro atoms. The van der Waals surface area contributed by atoms with E-state index in [0.29, 0.717) is 11.4 Å². The van der Waals surface area contributed by atoms with Crippen LogP contribution in [0.5, 0.6) is 0 Å². The summed E-state index contributed by atoms with van der Waals surface area (Å²) in [5, 5.41) is 17.0. The largest absolute Gasteiger partial charge is 0.478 e. The van der Waals surface area contributed by atoms with E-state index in [9.17, 15) is 14.0 Å². The van der Waals surface area contributed by atoms with Crippen molar-refractivity contribution in [2.24, 2.45) is 0 Å². The molecule has 0 saturated heterocycles. The van der Waals surface area contributed by atoms with Gasteiger partial charge in [-0.3, -0.25) is 4.79 Å². The van der Waals surface area contributed by atoms with Crippen molar-refractivity contribution in [1.29, 1.82) is 0 Å². The van der Waals surface area contributed by atoms with Crippen LogP contribution in [0.4, 0.5) is 21.5 Å². The molecule has 0 saturated carbocycles. The maximum Gasteiger partial charge on any atom is 0.335 e. The van der Waals surface area contributed by atoms with Gasteiger partial charge in [0.15, 0.2) is 0 Å². The van der Waals surface area contributed by atoms with Gasteiger partial charge in [-0.1, -0.05) is 0 Å². The number of hydrogen-bond acceptors (Lipinski definition) is 4. The van der Waals surface area contributed by atoms with E-state index >= 15 is 0 Å². The summed E-state index contributed by atoms with van der Waals surface area (Å²) in [5.41, 5.74) is 1.42. The van der Waals surface area contributed by atoms with Gasteiger partial charge in [-0.05, 0) is 36.4 Å². The number of halogens is 1. The number of anilines is 3. The zero-order chi connectivity index (χ0) is 17.0. The summed E-state index contributed by atoms with van der Waals surface area (Å²) in [5.74, 6) is -2.10. The Kier molecular flexibility index (Phi) is 4.80. The summed E-state index contributed by atoms with van der Waals surface area (Å²) in [6, 6.07) is 8.33. The molecular weight excluding hydrogens is 301 g/mol. The van der Waals surface area contributed by atoms with Crippen LogP contribution >= 0.6 is 0 Å². The summed E-state index contributed by atoms with van der Waals surface area (Å²) in [4.78, 5) is 23.1. The van der Waals surface area contributed by atoms with Gasteiger partial charge < -0.3 is 21.1 Å². The predicted octanol–water partition coefficient (Wildman–Crippen LogP) is 2.86. The maximum absolute atomic E-state index is 13.9. The maximum atomic E-state index is 13.9. The SMILES string of the molecule is CNc1cc(NC)c(C(=O)Nc2ccc(C(=O)O)cc2)cc1F. The minimum absolute atomic E-state index is 0.114. The Hall–Kier alpha value is -3.09. The van der Waals surface area contributed by atoms with Crippen LogP contribution in [0.1, 0.15) is 20.7 Å². The Morgan fingerprint density at radius 3 is 2.13 bits per heavy atom. The lowest BCUT2D eigenvalue weighted by Gasteiger charge is -2.13. The van der Waals surface area contributed by atoms with Crippen molar-refractivity contribution in [3.8, 4) is 0 Å². The van der Waals surface area contributed by atoms with Crippen molar-refractivity contribution in [2.45, 2.75) is 0 Å². The molecule has 0 radical (unpaired) electrons. The average Bonchev–Trinajstić information content (AvgIpc) is 2.55. The zero-order valence-corrected chi connectivity index (χ0v) is 12.6. The number of rotatable bonds is 5. The van der Waals surface area contributed by atoms with Crippen molar-refractivity contribution < 1.29 is 19.1 Å². The molecule has 0 aliphatic carbocycles. The van der Waals surface area contributed by atoms with E-state index in [0.717, 1.165) is 6.07 Å². The predicted molar refractivity (Wildman–Crippen MR) is 86.8 cm³/mol. The Bertz CT molecular complexity index is 745. The van der Waals surface area contributed by atoms with Gasteiger partial charge in [0.1, 0.15) is 5.82 Å². The molecule has 0 fully saturated rings. The minimum Gasteiger partial charge on any atom is -0.478 e. The molecule has 2 aromatic rings. The van der Waals surface area contributed by atoms with Crippen molar-refractivity contribution in [3.63, 3.8) is 0 Å². The second-order valence-corrected chi connectivity index (χ2v) is 4.71. The van der Waals surface area contributed by atoms with Crippen LogP contribution in [0.3, 0.4) is 0 Å². The summed E-state index contributed by atoms with van der Waals surface area (Å²) in [7, 11) is 3.21. The number of carbonyl (C=O) groups is 2. The summed E-state index contributed by atoms with van der Waals surface area (Å²) < 4.78 is 13.9. The van der Waals surface area contributed by atoms with E-state index in [4.69, 9.17) is 5.11 Å². The molecule has 120 valence electrons. The van der Waals surface area contributed by atoms with Crippen LogP contribution in [-0.4, -0.2) is 31.1 Å². The van der Waals surface area contributed by atoms with Crippen LogP contribution in [-0.2, 0) is 0 Å². The van der Waals surface area contributed by atoms with E-state index in [-0.39, 0.29) is 16.8 Å². The molecule has 0 atom stereocenters. The van der Waals surface area contributed by atoms with Gasteiger partial charge in [-0.25, -0.2) is 9.18 Å². The Labute approximate surface area is 132 Å². The molecule has 0 heterocycles. The monoisotopic (exact) mass is 317 g/mol. The summed E-state index contributed by atoms with van der Waals surface area (Å²) in [6.07, 6.45) is 0. The molecule has 1 amide bonds. The smallest absolute Gasteiger partial charge is 0.335 e. The molecule has 0 aliphatic rings. The number of carbonyl (C=O) groups excluding carboxylic acids is 1. The highest BCUT2D eigenvalue weighted by Gasteiger charge is 2.15. The van der Waals surface area contributed by atoms with Crippen molar-refractivity contribution in [3.05, 3.63) is 53.3 Å². The molecule has 7 heteroatoms. The van der Waals surface area contributed by atoms with Crippen molar-refractivity contribution in [1.82, 2.24) is 0 Å². The standard InChI is InChI=1S/C16H16FN3O3/c1-18-13-8-14(19-2)12(17)7-11(13)15(21)20-10-5-3-9(4-6-10)16(22)23/h3-8,18-19H,1-2H3,(H,20,21)(H,22,23). The first-order valence-electron chi connectivity index (χ1n) is 6.80. The fourth-order valence-corrected chi connectivity index (χ4v) is 2.05. The molecule has 4 N–H and O–H groups in total. The van der Waals surface area contributed by atoms with Crippen LogP contribution < -0.4 is 16.0 Å². The fourth-order valence-electron chi connectivity index (χ4n) is 2.05. The van der Waals surface area contributed by atoms with Gasteiger partial charge in [-0.15, -0.1) is 0 Å². The molecule has 23 heavy (non-hydrogen) atoms. The number of carboxylic acids is 1. The molecular formula is C16H16FN3O3. The number of hydrogen-bond donors (Lipinski definition) is 4. The molecule has 0 aromatic heterocycles. The molecule has 0 unspecified atom stereocenters. The van der Waals surface area contributed by atoms with Crippen LogP contribution in [0.25, 0.3) is 0 Å². The highest BCUT2D eigenvalue weighted by Crippen LogP contribution is 2.25. The molecule has 0 aliphatic heterocycles. The van der Waals surface area contributed by atoms with Crippen LogP contribution in [0.15, 0.2) is 36.4 Å². The van der Waals surface area contributed by atoms with Crippen LogP contribution in [0, 0.1) is 5.82 Å². The summed E-state index contributed by atoms with van der Waals surface area (Å²) in [6.45, 7) is 0. The highest BCUT2D eigenvalue weighted by molar-refractivity contribution is 6.08. The van der Waals surface area contributed by atoms with Gasteiger partial charge in [0.25, 0.3) is 5.91 Å². The van der Waals surface area contributed by atoms with Crippen LogP contribution in [0.2, 0.25) is 0 Å². The molecule has 2 aromatic carbocycles. The van der Waals surface area contributed by atoms with Gasteiger partial charge >= 0.3 is 5.97 Å². The second-order valence-electron chi connectivity index (χ2n) is 4.71. The fraction of sp³-hybridized carbons (Fsp3) is 0.125. The average molecular weight is 317 g/mol. The number of amides is 1. The van der Waals surface area contributed by atoms with Gasteiger partial charge in [0.2, 0.25) is 0 Å². The third kappa shape index (κ3) is 3.57. The first-order valence-corrected chi connectivity index (χ1v) is 6.80. The Morgan fingerprint density at radius 1 is 1.00 bits per heavy atom. The van der Waals surface area contributed by atoms with Crippen molar-refractivity contribution >= 4 is 28.9 Å². The van der Waals surface area contributed by atoms with E-state index in [1.54, 1.807) is 14.1 Å². The Morgan fingerprint density at radius 2 is 1.61 bits per heavy atom. The Balaban J connectivity index is 2.26. The molecule has 6 nitrogen and oxygen atoms in total. The van der Waals surface area contributed by atoms with E-state index in [1.807, 2.05) is 0 Å². The van der Waals surface area contributed by atoms with Crippen molar-refractivity contribution in [2.75, 3.05) is 30.0 Å². The normalized spacial score (nSPS) is 10.0. The number of benzene rings is 2. The number of nitrogens with one attached hydrogen (secondary N) is 3. The molecule has 2 rings (SSSR count). The first kappa shape index (κ1) is 16.3. The lowest BCUT2D eigenvalue weighted by molar-refractivity contribution is 0.0696. The summed E-state index contributed by atoms with van der Waals surface area (Å²) >= 11 is 0. The highest BCUT2D eigenvalue weighted by atomic mass is 19.1. The number of carboxylic acid groups (broad SMARTS) is 1. The lowest BCUT2D eigenvalue weighted by Crippen LogP contribution is -2.15. The third-order valence-corrected chi connectivity index (χ3v) is 3.28. The lowest BCUT2D eigenvalue weighted by atomic mass is 10.1. The quantitative estimate of drug-likeness (QED) is 0.681. The first-order chi connectivity index (χ1) is 11.0. The molecule has 0 bridgehead atoms.